The standard InChI is InChI=1S/C15H26O2/c1-9-4-6-13-10(2)8-16-15-14(13)12(9)7-5-11(3)17-15/h9-15H,4-8H2,1-3H3. The maximum atomic E-state index is 6.13. The minimum Gasteiger partial charge on any atom is -0.352 e. The summed E-state index contributed by atoms with van der Waals surface area (Å²) in [7, 11) is 0. The van der Waals surface area contributed by atoms with Crippen LogP contribution < -0.4 is 0 Å². The van der Waals surface area contributed by atoms with E-state index in [9.17, 15) is 0 Å². The molecular weight excluding hydrogens is 212 g/mol. The third kappa shape index (κ3) is 2.04. The Balaban J connectivity index is 1.88. The predicted octanol–water partition coefficient (Wildman–Crippen LogP) is 3.46. The van der Waals surface area contributed by atoms with Crippen molar-refractivity contribution in [2.75, 3.05) is 6.61 Å². The first-order valence-electron chi connectivity index (χ1n) is 7.44. The Morgan fingerprint density at radius 3 is 2.35 bits per heavy atom. The highest BCUT2D eigenvalue weighted by Crippen LogP contribution is 2.50. The van der Waals surface area contributed by atoms with Gasteiger partial charge in [0.25, 0.3) is 0 Å². The third-order valence-electron chi connectivity index (χ3n) is 5.52. The molecule has 7 unspecified atom stereocenters. The van der Waals surface area contributed by atoms with Crippen molar-refractivity contribution in [3.8, 4) is 0 Å². The van der Waals surface area contributed by atoms with Gasteiger partial charge in [0.2, 0.25) is 0 Å². The lowest BCUT2D eigenvalue weighted by Crippen LogP contribution is -2.49. The minimum atomic E-state index is 0.0986. The van der Waals surface area contributed by atoms with E-state index in [0.29, 0.717) is 12.0 Å². The molecule has 17 heavy (non-hydrogen) atoms. The van der Waals surface area contributed by atoms with Crippen molar-refractivity contribution in [1.29, 1.82) is 0 Å². The fourth-order valence-corrected chi connectivity index (χ4v) is 4.44. The second kappa shape index (κ2) is 4.55. The summed E-state index contributed by atoms with van der Waals surface area (Å²) in [6.45, 7) is 7.91. The van der Waals surface area contributed by atoms with Crippen LogP contribution in [0.25, 0.3) is 0 Å². The van der Waals surface area contributed by atoms with Crippen LogP contribution in [0.3, 0.4) is 0 Å². The van der Waals surface area contributed by atoms with Gasteiger partial charge in [-0.25, -0.2) is 0 Å². The van der Waals surface area contributed by atoms with E-state index in [1.165, 1.54) is 25.7 Å². The van der Waals surface area contributed by atoms with Gasteiger partial charge in [0.15, 0.2) is 6.29 Å². The maximum Gasteiger partial charge on any atom is 0.161 e. The summed E-state index contributed by atoms with van der Waals surface area (Å²) in [4.78, 5) is 0. The van der Waals surface area contributed by atoms with E-state index in [1.807, 2.05) is 0 Å². The average Bonchev–Trinajstić information content (AvgIpc) is 2.47. The van der Waals surface area contributed by atoms with Crippen molar-refractivity contribution in [3.63, 3.8) is 0 Å². The first kappa shape index (κ1) is 12.0. The molecule has 0 radical (unpaired) electrons. The molecule has 1 aliphatic carbocycles. The zero-order chi connectivity index (χ0) is 12.0. The Morgan fingerprint density at radius 2 is 1.53 bits per heavy atom. The zero-order valence-electron chi connectivity index (χ0n) is 11.4. The van der Waals surface area contributed by atoms with Crippen molar-refractivity contribution in [1.82, 2.24) is 0 Å². The molecule has 2 aliphatic heterocycles. The third-order valence-corrected chi connectivity index (χ3v) is 5.52. The van der Waals surface area contributed by atoms with Gasteiger partial charge in [0.1, 0.15) is 0 Å². The summed E-state index contributed by atoms with van der Waals surface area (Å²) in [5.74, 6) is 3.95. The van der Waals surface area contributed by atoms with E-state index in [2.05, 4.69) is 20.8 Å². The SMILES string of the molecule is CC1CCC2C(C)CCC3C(C)COC(O1)C23. The number of hydrogen-bond acceptors (Lipinski definition) is 2. The lowest BCUT2D eigenvalue weighted by molar-refractivity contribution is -0.249. The summed E-state index contributed by atoms with van der Waals surface area (Å²) in [6.07, 6.45) is 5.84. The van der Waals surface area contributed by atoms with E-state index in [4.69, 9.17) is 9.47 Å². The summed E-state index contributed by atoms with van der Waals surface area (Å²) in [5, 5.41) is 0. The molecule has 3 aliphatic rings. The number of rotatable bonds is 0. The predicted molar refractivity (Wildman–Crippen MR) is 67.6 cm³/mol. The molecular formula is C15H26O2. The van der Waals surface area contributed by atoms with Crippen LogP contribution in [0.1, 0.15) is 46.5 Å². The Bertz CT molecular complexity index is 278. The topological polar surface area (TPSA) is 18.5 Å². The van der Waals surface area contributed by atoms with Crippen LogP contribution in [0.15, 0.2) is 0 Å². The van der Waals surface area contributed by atoms with Gasteiger partial charge in [-0.2, -0.15) is 0 Å². The molecule has 98 valence electrons. The molecule has 0 spiro atoms. The molecule has 3 rings (SSSR count). The van der Waals surface area contributed by atoms with Crippen LogP contribution in [-0.4, -0.2) is 19.0 Å². The van der Waals surface area contributed by atoms with Crippen molar-refractivity contribution in [2.24, 2.45) is 29.6 Å². The normalized spacial score (nSPS) is 54.9. The fourth-order valence-electron chi connectivity index (χ4n) is 4.44. The second-order valence-electron chi connectivity index (χ2n) is 6.66. The lowest BCUT2D eigenvalue weighted by Gasteiger charge is -2.49. The highest BCUT2D eigenvalue weighted by atomic mass is 16.7. The maximum absolute atomic E-state index is 6.13. The van der Waals surface area contributed by atoms with Crippen molar-refractivity contribution < 1.29 is 9.47 Å². The molecule has 0 aromatic heterocycles. The quantitative estimate of drug-likeness (QED) is 0.643. The van der Waals surface area contributed by atoms with Crippen LogP contribution in [0.4, 0.5) is 0 Å². The van der Waals surface area contributed by atoms with Gasteiger partial charge in [0, 0.05) is 5.92 Å². The van der Waals surface area contributed by atoms with Crippen LogP contribution in [0.5, 0.6) is 0 Å². The summed E-state index contributed by atoms with van der Waals surface area (Å²) < 4.78 is 12.1. The highest BCUT2D eigenvalue weighted by molar-refractivity contribution is 4.93. The van der Waals surface area contributed by atoms with Crippen molar-refractivity contribution >= 4 is 0 Å². The van der Waals surface area contributed by atoms with Crippen LogP contribution in [0.2, 0.25) is 0 Å². The van der Waals surface area contributed by atoms with E-state index in [-0.39, 0.29) is 6.29 Å². The van der Waals surface area contributed by atoms with Crippen molar-refractivity contribution in [3.05, 3.63) is 0 Å². The van der Waals surface area contributed by atoms with Crippen LogP contribution >= 0.6 is 0 Å². The van der Waals surface area contributed by atoms with E-state index in [1.54, 1.807) is 0 Å². The van der Waals surface area contributed by atoms with Gasteiger partial charge in [-0.15, -0.1) is 0 Å². The Hall–Kier alpha value is -0.0800. The van der Waals surface area contributed by atoms with Gasteiger partial charge in [-0.1, -0.05) is 20.3 Å². The van der Waals surface area contributed by atoms with Gasteiger partial charge in [0.05, 0.1) is 12.7 Å². The van der Waals surface area contributed by atoms with Gasteiger partial charge in [-0.3, -0.25) is 0 Å². The van der Waals surface area contributed by atoms with Crippen LogP contribution in [0, 0.1) is 29.6 Å². The highest BCUT2D eigenvalue weighted by Gasteiger charge is 2.49. The molecule has 3 fully saturated rings. The molecule has 0 aromatic rings. The Kier molecular flexibility index (Phi) is 3.20. The van der Waals surface area contributed by atoms with Gasteiger partial charge < -0.3 is 9.47 Å². The summed E-state index contributed by atoms with van der Waals surface area (Å²) in [5.41, 5.74) is 0. The van der Waals surface area contributed by atoms with E-state index >= 15 is 0 Å². The van der Waals surface area contributed by atoms with Crippen LogP contribution in [-0.2, 0) is 9.47 Å². The Labute approximate surface area is 105 Å². The first-order valence-corrected chi connectivity index (χ1v) is 7.44. The monoisotopic (exact) mass is 238 g/mol. The molecule has 0 bridgehead atoms. The fraction of sp³-hybridized carbons (Fsp3) is 1.00. The average molecular weight is 238 g/mol. The van der Waals surface area contributed by atoms with Gasteiger partial charge in [-0.05, 0) is 49.9 Å². The molecule has 2 nitrogen and oxygen atoms in total. The summed E-state index contributed by atoms with van der Waals surface area (Å²) >= 11 is 0. The smallest absolute Gasteiger partial charge is 0.161 e. The first-order chi connectivity index (χ1) is 8.16. The second-order valence-corrected chi connectivity index (χ2v) is 6.66. The molecule has 7 atom stereocenters. The Morgan fingerprint density at radius 1 is 0.824 bits per heavy atom. The summed E-state index contributed by atoms with van der Waals surface area (Å²) in [6, 6.07) is 0. The van der Waals surface area contributed by atoms with E-state index in [0.717, 1.165) is 30.3 Å². The molecule has 0 amide bonds. The van der Waals surface area contributed by atoms with E-state index < -0.39 is 0 Å². The molecule has 1 saturated carbocycles. The molecule has 2 heterocycles. The molecule has 2 heteroatoms. The van der Waals surface area contributed by atoms with Gasteiger partial charge >= 0.3 is 0 Å². The number of ether oxygens (including phenoxy) is 2. The molecule has 2 saturated heterocycles. The zero-order valence-corrected chi connectivity index (χ0v) is 11.4. The molecule has 0 aromatic carbocycles. The largest absolute Gasteiger partial charge is 0.352 e. The van der Waals surface area contributed by atoms with Crippen molar-refractivity contribution in [2.45, 2.75) is 58.8 Å². The minimum absolute atomic E-state index is 0.0986. The molecule has 0 N–H and O–H groups in total. The lowest BCUT2D eigenvalue weighted by atomic mass is 9.61. The number of hydrogen-bond donors (Lipinski definition) is 0.